The normalized spacial score (nSPS) is 18.6. The van der Waals surface area contributed by atoms with Crippen LogP contribution in [0.3, 0.4) is 0 Å². The van der Waals surface area contributed by atoms with Crippen LogP contribution in [0.1, 0.15) is 58.6 Å². The van der Waals surface area contributed by atoms with Crippen LogP contribution in [0.4, 0.5) is 4.79 Å². The van der Waals surface area contributed by atoms with Gasteiger partial charge in [-0.25, -0.2) is 4.79 Å². The second-order valence-corrected chi connectivity index (χ2v) is 10.9. The van der Waals surface area contributed by atoms with Gasteiger partial charge in [-0.05, 0) is 52.2 Å². The van der Waals surface area contributed by atoms with Crippen molar-refractivity contribution in [3.63, 3.8) is 0 Å². The first kappa shape index (κ1) is 29.6. The lowest BCUT2D eigenvalue weighted by atomic mass is 9.97. The molecule has 1 saturated heterocycles. The van der Waals surface area contributed by atoms with Crippen LogP contribution in [0.5, 0.6) is 0 Å². The fraction of sp³-hybridized carbons (Fsp3) is 0.484. The Hall–Kier alpha value is -3.00. The molecule has 1 aliphatic rings. The minimum absolute atomic E-state index is 0.118. The Kier molecular flexibility index (Phi) is 10.3. The molecule has 1 aliphatic heterocycles. The quantitative estimate of drug-likeness (QED) is 0.315. The molecule has 7 heteroatoms. The first-order chi connectivity index (χ1) is 18.0. The van der Waals surface area contributed by atoms with E-state index < -0.39 is 35.7 Å². The third-order valence-corrected chi connectivity index (χ3v) is 6.26. The molecule has 206 valence electrons. The molecule has 0 spiro atoms. The van der Waals surface area contributed by atoms with Crippen molar-refractivity contribution in [3.8, 4) is 0 Å². The molecule has 0 aliphatic carbocycles. The van der Waals surface area contributed by atoms with E-state index in [1.165, 1.54) is 0 Å². The predicted octanol–water partition coefficient (Wildman–Crippen LogP) is 6.06. The van der Waals surface area contributed by atoms with Gasteiger partial charge in [-0.1, -0.05) is 66.7 Å². The second kappa shape index (κ2) is 13.2. The Morgan fingerprint density at radius 1 is 1.03 bits per heavy atom. The van der Waals surface area contributed by atoms with Gasteiger partial charge in [0.25, 0.3) is 0 Å². The van der Waals surface area contributed by atoms with Crippen molar-refractivity contribution in [2.75, 3.05) is 6.61 Å². The van der Waals surface area contributed by atoms with E-state index in [2.05, 4.69) is 6.58 Å². The maximum absolute atomic E-state index is 13.6. The van der Waals surface area contributed by atoms with Gasteiger partial charge in [0.15, 0.2) is 5.78 Å². The fourth-order valence-corrected chi connectivity index (χ4v) is 4.43. The van der Waals surface area contributed by atoms with Crippen LogP contribution in [-0.4, -0.2) is 53.0 Å². The van der Waals surface area contributed by atoms with Crippen LogP contribution in [0, 0.1) is 0 Å². The highest BCUT2D eigenvalue weighted by molar-refractivity contribution is 5.84. The van der Waals surface area contributed by atoms with Crippen LogP contribution in [0.15, 0.2) is 73.3 Å². The molecule has 0 saturated carbocycles. The highest BCUT2D eigenvalue weighted by Crippen LogP contribution is 2.34. The van der Waals surface area contributed by atoms with E-state index in [4.69, 9.17) is 18.9 Å². The number of benzene rings is 2. The predicted molar refractivity (Wildman–Crippen MR) is 146 cm³/mol. The van der Waals surface area contributed by atoms with Gasteiger partial charge < -0.3 is 18.9 Å². The zero-order valence-electron chi connectivity index (χ0n) is 23.2. The van der Waals surface area contributed by atoms with Gasteiger partial charge in [-0.2, -0.15) is 0 Å². The molecule has 1 heterocycles. The molecule has 7 nitrogen and oxygen atoms in total. The SMILES string of the molecule is C=CCCC(=O)[C@@H](OCc1ccccc1)[C@H](OCc1ccccc1)[C@H]1COC(C)(C)N1C(=O)OC(C)(C)C. The number of allylic oxidation sites excluding steroid dienone is 1. The number of Topliss-reactive ketones (excluding diaryl/α,β-unsaturated/α-hetero) is 1. The second-order valence-electron chi connectivity index (χ2n) is 10.9. The molecule has 0 N–H and O–H groups in total. The van der Waals surface area contributed by atoms with Crippen molar-refractivity contribution >= 4 is 11.9 Å². The number of rotatable bonds is 12. The lowest BCUT2D eigenvalue weighted by molar-refractivity contribution is -0.153. The zero-order valence-corrected chi connectivity index (χ0v) is 23.2. The number of hydrogen-bond acceptors (Lipinski definition) is 6. The molecule has 38 heavy (non-hydrogen) atoms. The van der Waals surface area contributed by atoms with Crippen LogP contribution < -0.4 is 0 Å². The van der Waals surface area contributed by atoms with Gasteiger partial charge in [-0.3, -0.25) is 9.69 Å². The molecule has 0 bridgehead atoms. The lowest BCUT2D eigenvalue weighted by Crippen LogP contribution is -2.57. The Bertz CT molecular complexity index is 1050. The average molecular weight is 524 g/mol. The van der Waals surface area contributed by atoms with Crippen LogP contribution in [-0.2, 0) is 37.0 Å². The lowest BCUT2D eigenvalue weighted by Gasteiger charge is -2.39. The van der Waals surface area contributed by atoms with Gasteiger partial charge in [0.2, 0.25) is 0 Å². The molecule has 0 aromatic heterocycles. The summed E-state index contributed by atoms with van der Waals surface area (Å²) in [5.41, 5.74) is 0.210. The van der Waals surface area contributed by atoms with Crippen LogP contribution in [0.25, 0.3) is 0 Å². The van der Waals surface area contributed by atoms with E-state index in [-0.39, 0.29) is 32.0 Å². The van der Waals surface area contributed by atoms with E-state index in [1.54, 1.807) is 11.0 Å². The maximum Gasteiger partial charge on any atom is 0.412 e. The third-order valence-electron chi connectivity index (χ3n) is 6.26. The van der Waals surface area contributed by atoms with Crippen molar-refractivity contribution in [1.29, 1.82) is 0 Å². The number of ketones is 1. The summed E-state index contributed by atoms with van der Waals surface area (Å²) in [7, 11) is 0. The van der Waals surface area contributed by atoms with E-state index in [0.717, 1.165) is 11.1 Å². The third kappa shape index (κ3) is 8.25. The number of ether oxygens (including phenoxy) is 4. The number of carbonyl (C=O) groups excluding carboxylic acids is 2. The maximum atomic E-state index is 13.6. The van der Waals surface area contributed by atoms with Crippen molar-refractivity contribution in [1.82, 2.24) is 4.90 Å². The van der Waals surface area contributed by atoms with Gasteiger partial charge in [0.1, 0.15) is 23.5 Å². The van der Waals surface area contributed by atoms with Crippen molar-refractivity contribution in [2.45, 2.75) is 90.2 Å². The van der Waals surface area contributed by atoms with E-state index in [0.29, 0.717) is 6.42 Å². The number of amides is 1. The molecule has 1 amide bonds. The summed E-state index contributed by atoms with van der Waals surface area (Å²) in [6.45, 7) is 13.5. The smallest absolute Gasteiger partial charge is 0.412 e. The minimum atomic E-state index is -0.963. The summed E-state index contributed by atoms with van der Waals surface area (Å²) in [6.07, 6.45) is 0.200. The highest BCUT2D eigenvalue weighted by atomic mass is 16.6. The topological polar surface area (TPSA) is 74.3 Å². The van der Waals surface area contributed by atoms with Crippen molar-refractivity contribution in [3.05, 3.63) is 84.4 Å². The Labute approximate surface area is 226 Å². The van der Waals surface area contributed by atoms with Crippen LogP contribution >= 0.6 is 0 Å². The number of hydrogen-bond donors (Lipinski definition) is 0. The molecule has 2 aromatic carbocycles. The molecule has 3 atom stereocenters. The fourth-order valence-electron chi connectivity index (χ4n) is 4.43. The molecule has 2 aromatic rings. The monoisotopic (exact) mass is 523 g/mol. The summed E-state index contributed by atoms with van der Waals surface area (Å²) in [4.78, 5) is 28.6. The van der Waals surface area contributed by atoms with E-state index >= 15 is 0 Å². The number of carbonyl (C=O) groups is 2. The molecule has 0 radical (unpaired) electrons. The van der Waals surface area contributed by atoms with Gasteiger partial charge >= 0.3 is 6.09 Å². The molecular weight excluding hydrogens is 482 g/mol. The first-order valence-electron chi connectivity index (χ1n) is 13.1. The van der Waals surface area contributed by atoms with Gasteiger partial charge in [0.05, 0.1) is 25.9 Å². The van der Waals surface area contributed by atoms with Gasteiger partial charge in [-0.15, -0.1) is 6.58 Å². The Balaban J connectivity index is 1.97. The van der Waals surface area contributed by atoms with Crippen molar-refractivity contribution < 1.29 is 28.5 Å². The summed E-state index contributed by atoms with van der Waals surface area (Å²) < 4.78 is 24.6. The summed E-state index contributed by atoms with van der Waals surface area (Å²) in [5.74, 6) is -0.118. The molecule has 3 rings (SSSR count). The summed E-state index contributed by atoms with van der Waals surface area (Å²) in [5, 5.41) is 0. The summed E-state index contributed by atoms with van der Waals surface area (Å²) >= 11 is 0. The standard InChI is InChI=1S/C31H41NO6/c1-7-8-19-26(33)28(36-21-24-17-13-10-14-18-24)27(35-20-23-15-11-9-12-16-23)25-22-37-31(5,6)32(25)29(34)38-30(2,3)4/h7,9-18,25,27-28H,1,8,19-22H2,2-6H3/t25-,27-,28-/m1/s1. The number of nitrogens with zero attached hydrogens (tertiary/aromatic N) is 1. The highest BCUT2D eigenvalue weighted by Gasteiger charge is 2.52. The molecule has 1 fully saturated rings. The van der Waals surface area contributed by atoms with E-state index in [9.17, 15) is 9.59 Å². The first-order valence-corrected chi connectivity index (χ1v) is 13.1. The zero-order chi connectivity index (χ0) is 27.8. The van der Waals surface area contributed by atoms with Crippen LogP contribution in [0.2, 0.25) is 0 Å². The largest absolute Gasteiger partial charge is 0.444 e. The Morgan fingerprint density at radius 2 is 1.58 bits per heavy atom. The molecule has 0 unspecified atom stereocenters. The average Bonchev–Trinajstić information content (AvgIpc) is 3.19. The molecular formula is C31H41NO6. The van der Waals surface area contributed by atoms with Gasteiger partial charge in [0, 0.05) is 6.42 Å². The van der Waals surface area contributed by atoms with E-state index in [1.807, 2.05) is 95.3 Å². The van der Waals surface area contributed by atoms with Crippen molar-refractivity contribution in [2.24, 2.45) is 0 Å². The minimum Gasteiger partial charge on any atom is -0.444 e. The Morgan fingerprint density at radius 3 is 2.11 bits per heavy atom. The summed E-state index contributed by atoms with van der Waals surface area (Å²) in [6, 6.07) is 18.8.